The number of rotatable bonds is 8. The molecule has 3 aromatic rings. The fourth-order valence-corrected chi connectivity index (χ4v) is 3.14. The van der Waals surface area contributed by atoms with E-state index in [4.69, 9.17) is 14.4 Å². The topological polar surface area (TPSA) is 114 Å². The molecule has 158 valence electrons. The van der Waals surface area contributed by atoms with Crippen molar-refractivity contribution in [3.63, 3.8) is 0 Å². The summed E-state index contributed by atoms with van der Waals surface area (Å²) in [6.45, 7) is 3.86. The molecule has 0 fully saturated rings. The van der Waals surface area contributed by atoms with Crippen LogP contribution in [0.2, 0.25) is 0 Å². The van der Waals surface area contributed by atoms with Crippen LogP contribution in [0.5, 0.6) is 0 Å². The van der Waals surface area contributed by atoms with Gasteiger partial charge in [-0.1, -0.05) is 0 Å². The van der Waals surface area contributed by atoms with E-state index in [0.29, 0.717) is 17.8 Å². The Kier molecular flexibility index (Phi) is 6.67. The van der Waals surface area contributed by atoms with Crippen LogP contribution in [0.1, 0.15) is 44.3 Å². The summed E-state index contributed by atoms with van der Waals surface area (Å²) >= 11 is 0. The second kappa shape index (κ2) is 9.59. The molecule has 31 heavy (non-hydrogen) atoms. The number of aryl methyl sites for hydroxylation is 1. The molecule has 1 N–H and O–H groups in total. The molecule has 0 atom stereocenters. The summed E-state index contributed by atoms with van der Waals surface area (Å²) in [6.07, 6.45) is 1.34. The molecule has 0 unspecified atom stereocenters. The third kappa shape index (κ3) is 5.28. The van der Waals surface area contributed by atoms with Crippen molar-refractivity contribution in [2.45, 2.75) is 26.8 Å². The van der Waals surface area contributed by atoms with E-state index < -0.39 is 11.9 Å². The Labute approximate surface area is 179 Å². The molecular weight excluding hydrogens is 398 g/mol. The van der Waals surface area contributed by atoms with Gasteiger partial charge in [-0.2, -0.15) is 5.26 Å². The molecule has 1 aromatic carbocycles. The first kappa shape index (κ1) is 21.6. The number of furan rings is 1. The summed E-state index contributed by atoms with van der Waals surface area (Å²) in [5, 5.41) is 11.0. The van der Waals surface area contributed by atoms with Gasteiger partial charge in [0.15, 0.2) is 6.61 Å². The minimum Gasteiger partial charge on any atom is -0.467 e. The van der Waals surface area contributed by atoms with Gasteiger partial charge in [0, 0.05) is 22.6 Å². The number of ketones is 1. The molecule has 0 saturated carbocycles. The van der Waals surface area contributed by atoms with Crippen molar-refractivity contribution >= 4 is 23.3 Å². The number of anilines is 1. The van der Waals surface area contributed by atoms with Crippen molar-refractivity contribution in [1.82, 2.24) is 4.57 Å². The van der Waals surface area contributed by atoms with Crippen molar-refractivity contribution < 1.29 is 23.5 Å². The van der Waals surface area contributed by atoms with Crippen molar-refractivity contribution in [2.75, 3.05) is 11.9 Å². The molecule has 1 amide bonds. The Bertz CT molecular complexity index is 1140. The lowest BCUT2D eigenvalue weighted by atomic mass is 10.1. The lowest BCUT2D eigenvalue weighted by Gasteiger charge is -2.08. The highest BCUT2D eigenvalue weighted by Gasteiger charge is 2.18. The monoisotopic (exact) mass is 419 g/mol. The number of nitrogens with one attached hydrogen (secondary N) is 1. The number of carbonyl (C=O) groups excluding carboxylic acids is 3. The third-order valence-electron chi connectivity index (χ3n) is 4.75. The van der Waals surface area contributed by atoms with Gasteiger partial charge in [0.1, 0.15) is 12.2 Å². The van der Waals surface area contributed by atoms with Crippen molar-refractivity contribution in [3.05, 3.63) is 77.0 Å². The fourth-order valence-electron chi connectivity index (χ4n) is 3.14. The summed E-state index contributed by atoms with van der Waals surface area (Å²) < 4.78 is 12.5. The zero-order chi connectivity index (χ0) is 22.4. The Morgan fingerprint density at radius 1 is 1.16 bits per heavy atom. The van der Waals surface area contributed by atoms with Crippen LogP contribution in [0.15, 0.2) is 53.1 Å². The number of Topliss-reactive ketones (excluding diaryl/α,β-unsaturated/α-hetero) is 1. The highest BCUT2D eigenvalue weighted by molar-refractivity contribution is 6.00. The largest absolute Gasteiger partial charge is 0.467 e. The number of nitrogens with zero attached hydrogens (tertiary/aromatic N) is 2. The van der Waals surface area contributed by atoms with Gasteiger partial charge in [0.05, 0.1) is 24.4 Å². The molecule has 0 aliphatic carbocycles. The number of benzene rings is 1. The number of nitriles is 1. The zero-order valence-corrected chi connectivity index (χ0v) is 17.2. The molecular formula is C23H21N3O5. The molecule has 2 heterocycles. The first-order valence-electron chi connectivity index (χ1n) is 9.55. The number of carbonyl (C=O) groups is 3. The van der Waals surface area contributed by atoms with Crippen LogP contribution in [0.3, 0.4) is 0 Å². The van der Waals surface area contributed by atoms with E-state index in [1.165, 1.54) is 24.3 Å². The van der Waals surface area contributed by atoms with E-state index in [0.717, 1.165) is 17.1 Å². The van der Waals surface area contributed by atoms with Gasteiger partial charge < -0.3 is 19.0 Å². The molecule has 0 aliphatic heterocycles. The highest BCUT2D eigenvalue weighted by atomic mass is 16.5. The second-order valence-corrected chi connectivity index (χ2v) is 6.91. The van der Waals surface area contributed by atoms with E-state index in [-0.39, 0.29) is 24.4 Å². The van der Waals surface area contributed by atoms with E-state index in [1.807, 2.05) is 30.5 Å². The minimum atomic E-state index is -0.646. The van der Waals surface area contributed by atoms with Crippen LogP contribution in [0.4, 0.5) is 5.69 Å². The lowest BCUT2D eigenvalue weighted by molar-refractivity contribution is -0.115. The van der Waals surface area contributed by atoms with Crippen LogP contribution in [-0.4, -0.2) is 28.8 Å². The van der Waals surface area contributed by atoms with E-state index in [2.05, 4.69) is 5.32 Å². The van der Waals surface area contributed by atoms with Crippen LogP contribution in [0, 0.1) is 25.2 Å². The third-order valence-corrected chi connectivity index (χ3v) is 4.75. The number of esters is 1. The minimum absolute atomic E-state index is 0.245. The molecule has 3 rings (SSSR count). The number of amides is 1. The number of hydrogen-bond donors (Lipinski definition) is 1. The van der Waals surface area contributed by atoms with Gasteiger partial charge in [-0.15, -0.1) is 0 Å². The predicted octanol–water partition coefficient (Wildman–Crippen LogP) is 3.64. The molecule has 0 radical (unpaired) electrons. The van der Waals surface area contributed by atoms with Gasteiger partial charge in [0.2, 0.25) is 11.7 Å². The number of aromatic nitrogens is 1. The molecule has 8 nitrogen and oxygen atoms in total. The fraction of sp³-hybridized carbons (Fsp3) is 0.217. The normalized spacial score (nSPS) is 10.4. The average Bonchev–Trinajstić information content (AvgIpc) is 3.36. The molecule has 0 spiro atoms. The van der Waals surface area contributed by atoms with E-state index in [1.54, 1.807) is 18.4 Å². The highest BCUT2D eigenvalue weighted by Crippen LogP contribution is 2.18. The Balaban J connectivity index is 1.60. The average molecular weight is 419 g/mol. The first-order chi connectivity index (χ1) is 14.9. The summed E-state index contributed by atoms with van der Waals surface area (Å²) in [5.74, 6) is -0.604. The van der Waals surface area contributed by atoms with Crippen molar-refractivity contribution in [2.24, 2.45) is 0 Å². The molecule has 2 aromatic heterocycles. The van der Waals surface area contributed by atoms with E-state index >= 15 is 0 Å². The maximum atomic E-state index is 12.6. The number of hydrogen-bond acceptors (Lipinski definition) is 6. The van der Waals surface area contributed by atoms with Crippen LogP contribution >= 0.6 is 0 Å². The summed E-state index contributed by atoms with van der Waals surface area (Å²) in [6, 6.07) is 13.2. The SMILES string of the molecule is Cc1cc(C(=O)COC(=O)c2ccc(NC(=O)CC#N)cc2)c(C)n1Cc1ccco1. The van der Waals surface area contributed by atoms with Crippen LogP contribution in [0.25, 0.3) is 0 Å². The van der Waals surface area contributed by atoms with E-state index in [9.17, 15) is 14.4 Å². The van der Waals surface area contributed by atoms with Gasteiger partial charge in [0.25, 0.3) is 0 Å². The van der Waals surface area contributed by atoms with Gasteiger partial charge in [-0.25, -0.2) is 4.79 Å². The zero-order valence-electron chi connectivity index (χ0n) is 17.2. The van der Waals surface area contributed by atoms with Crippen LogP contribution < -0.4 is 5.32 Å². The van der Waals surface area contributed by atoms with Gasteiger partial charge in [-0.05, 0) is 56.3 Å². The molecule has 8 heteroatoms. The Morgan fingerprint density at radius 2 is 1.90 bits per heavy atom. The van der Waals surface area contributed by atoms with Gasteiger partial charge >= 0.3 is 5.97 Å². The molecule has 0 saturated heterocycles. The maximum absolute atomic E-state index is 12.6. The van der Waals surface area contributed by atoms with Crippen molar-refractivity contribution in [1.29, 1.82) is 5.26 Å². The van der Waals surface area contributed by atoms with Crippen molar-refractivity contribution in [3.8, 4) is 6.07 Å². The van der Waals surface area contributed by atoms with Crippen LogP contribution in [-0.2, 0) is 16.1 Å². The predicted molar refractivity (Wildman–Crippen MR) is 112 cm³/mol. The summed E-state index contributed by atoms with van der Waals surface area (Å²) in [4.78, 5) is 36.3. The molecule has 0 bridgehead atoms. The smallest absolute Gasteiger partial charge is 0.338 e. The standard InChI is InChI=1S/C23H21N3O5/c1-15-12-20(16(2)26(15)13-19-4-3-11-30-19)21(27)14-31-23(29)17-5-7-18(8-6-17)25-22(28)9-10-24/h3-8,11-12H,9,13-14H2,1-2H3,(H,25,28). The Morgan fingerprint density at radius 3 is 2.55 bits per heavy atom. The second-order valence-electron chi connectivity index (χ2n) is 6.91. The van der Waals surface area contributed by atoms with Gasteiger partial charge in [-0.3, -0.25) is 9.59 Å². The number of ether oxygens (including phenoxy) is 1. The quantitative estimate of drug-likeness (QED) is 0.440. The summed E-state index contributed by atoms with van der Waals surface area (Å²) in [7, 11) is 0. The first-order valence-corrected chi connectivity index (χ1v) is 9.55. The Hall–Kier alpha value is -4.12. The summed E-state index contributed by atoms with van der Waals surface area (Å²) in [5.41, 5.74) is 2.86. The lowest BCUT2D eigenvalue weighted by Crippen LogP contribution is -2.15. The maximum Gasteiger partial charge on any atom is 0.338 e. The molecule has 0 aliphatic rings.